The number of aliphatic hydroxyl groups excluding tert-OH is 1. The van der Waals surface area contributed by atoms with Gasteiger partial charge in [-0.2, -0.15) is 0 Å². The van der Waals surface area contributed by atoms with Crippen LogP contribution in [-0.4, -0.2) is 40.2 Å². The Labute approximate surface area is 251 Å². The summed E-state index contributed by atoms with van der Waals surface area (Å²) in [5.41, 5.74) is 1.43. The minimum absolute atomic E-state index is 0.152. The highest BCUT2D eigenvalue weighted by molar-refractivity contribution is 8.00. The first kappa shape index (κ1) is 27.5. The van der Waals surface area contributed by atoms with Crippen molar-refractivity contribution in [2.24, 2.45) is 0 Å². The number of ketones is 1. The Bertz CT molecular complexity index is 1710. The summed E-state index contributed by atoms with van der Waals surface area (Å²) in [5.74, 6) is -1.09. The van der Waals surface area contributed by atoms with E-state index in [1.54, 1.807) is 42.5 Å². The molecule has 3 aromatic carbocycles. The van der Waals surface area contributed by atoms with Crippen LogP contribution in [0.15, 0.2) is 70.6 Å². The van der Waals surface area contributed by atoms with Gasteiger partial charge in [0.05, 0.1) is 21.7 Å². The van der Waals surface area contributed by atoms with Gasteiger partial charge in [0, 0.05) is 11.3 Å². The van der Waals surface area contributed by atoms with Crippen molar-refractivity contribution in [2.45, 2.75) is 16.1 Å². The number of anilines is 1. The van der Waals surface area contributed by atoms with E-state index in [0.717, 1.165) is 16.9 Å². The monoisotopic (exact) mass is 629 g/mol. The van der Waals surface area contributed by atoms with Crippen molar-refractivity contribution in [3.63, 3.8) is 0 Å². The molecular formula is C28H18Cl2FN3O5S2. The molecule has 1 atom stereocenters. The summed E-state index contributed by atoms with van der Waals surface area (Å²) in [6, 6.07) is 14.5. The van der Waals surface area contributed by atoms with Crippen LogP contribution in [-0.2, 0) is 15.3 Å². The minimum Gasteiger partial charge on any atom is -0.507 e. The van der Waals surface area contributed by atoms with Gasteiger partial charge in [0.25, 0.3) is 5.78 Å². The number of halogens is 3. The lowest BCUT2D eigenvalue weighted by atomic mass is 9.95. The number of amides is 1. The first-order valence-electron chi connectivity index (χ1n) is 12.2. The van der Waals surface area contributed by atoms with Crippen LogP contribution in [0.4, 0.5) is 9.52 Å². The van der Waals surface area contributed by atoms with Gasteiger partial charge in [0.1, 0.15) is 24.8 Å². The Hall–Kier alpha value is -3.64. The average Bonchev–Trinajstić information content (AvgIpc) is 3.55. The van der Waals surface area contributed by atoms with Crippen LogP contribution in [0, 0.1) is 5.82 Å². The van der Waals surface area contributed by atoms with Crippen molar-refractivity contribution in [2.75, 3.05) is 18.1 Å². The molecule has 1 N–H and O–H groups in total. The standard InChI is InChI=1S/C28H18Cl2FN3O5S2/c29-18-7-3-15(11-19(18)30)23-22(24(35)16-4-8-20-21(12-16)39-10-9-38-20)25(36)26(37)34(23)27-32-33-28(41-27)40-13-14-1-5-17(31)6-2-14/h1-8,11-12,23,35H,9-10,13H2/b24-22+. The van der Waals surface area contributed by atoms with Crippen LogP contribution in [0.5, 0.6) is 11.5 Å². The van der Waals surface area contributed by atoms with Gasteiger partial charge in [-0.1, -0.05) is 64.5 Å². The van der Waals surface area contributed by atoms with Crippen molar-refractivity contribution in [1.82, 2.24) is 10.2 Å². The summed E-state index contributed by atoms with van der Waals surface area (Å²) < 4.78 is 25.0. The van der Waals surface area contributed by atoms with E-state index in [2.05, 4.69) is 10.2 Å². The number of carbonyl (C=O) groups excluding carboxylic acids is 2. The molecule has 41 heavy (non-hydrogen) atoms. The molecule has 0 aliphatic carbocycles. The topological polar surface area (TPSA) is 102 Å². The summed E-state index contributed by atoms with van der Waals surface area (Å²) in [6.07, 6.45) is 0. The maximum absolute atomic E-state index is 13.5. The molecule has 13 heteroatoms. The fourth-order valence-corrected chi connectivity index (χ4v) is 6.59. The van der Waals surface area contributed by atoms with Crippen molar-refractivity contribution >= 4 is 68.9 Å². The van der Waals surface area contributed by atoms with Gasteiger partial charge < -0.3 is 14.6 Å². The van der Waals surface area contributed by atoms with E-state index in [0.29, 0.717) is 40.4 Å². The highest BCUT2D eigenvalue weighted by Gasteiger charge is 2.48. The zero-order chi connectivity index (χ0) is 28.7. The van der Waals surface area contributed by atoms with E-state index >= 15 is 0 Å². The normalized spacial score (nSPS) is 17.7. The fraction of sp³-hybridized carbons (Fsp3) is 0.143. The minimum atomic E-state index is -1.07. The van der Waals surface area contributed by atoms with E-state index in [1.165, 1.54) is 34.9 Å². The molecule has 0 spiro atoms. The predicted octanol–water partition coefficient (Wildman–Crippen LogP) is 6.67. The molecule has 0 saturated carbocycles. The van der Waals surface area contributed by atoms with E-state index in [4.69, 9.17) is 32.7 Å². The third-order valence-electron chi connectivity index (χ3n) is 6.40. The number of carbonyl (C=O) groups is 2. The van der Waals surface area contributed by atoms with Crippen molar-refractivity contribution in [3.8, 4) is 11.5 Å². The molecule has 8 nitrogen and oxygen atoms in total. The summed E-state index contributed by atoms with van der Waals surface area (Å²) in [4.78, 5) is 28.1. The van der Waals surface area contributed by atoms with Crippen LogP contribution in [0.2, 0.25) is 10.0 Å². The highest BCUT2D eigenvalue weighted by Crippen LogP contribution is 2.45. The number of benzene rings is 3. The zero-order valence-corrected chi connectivity index (χ0v) is 24.0. The molecule has 1 aromatic heterocycles. The quantitative estimate of drug-likeness (QED) is 0.0829. The Morgan fingerprint density at radius 3 is 2.51 bits per heavy atom. The number of hydrogen-bond donors (Lipinski definition) is 1. The van der Waals surface area contributed by atoms with Crippen LogP contribution in [0.3, 0.4) is 0 Å². The number of nitrogens with zero attached hydrogens (tertiary/aromatic N) is 3. The first-order chi connectivity index (χ1) is 19.8. The molecule has 6 rings (SSSR count). The van der Waals surface area contributed by atoms with Crippen molar-refractivity contribution in [1.29, 1.82) is 0 Å². The summed E-state index contributed by atoms with van der Waals surface area (Å²) >= 11 is 14.9. The molecule has 4 aromatic rings. The lowest BCUT2D eigenvalue weighted by Gasteiger charge is -2.23. The molecule has 0 radical (unpaired) electrons. The summed E-state index contributed by atoms with van der Waals surface area (Å²) in [7, 11) is 0. The maximum atomic E-state index is 13.5. The van der Waals surface area contributed by atoms with Crippen LogP contribution < -0.4 is 14.4 Å². The van der Waals surface area contributed by atoms with Crippen LogP contribution >= 0.6 is 46.3 Å². The van der Waals surface area contributed by atoms with Crippen LogP contribution in [0.1, 0.15) is 22.7 Å². The molecule has 1 unspecified atom stereocenters. The maximum Gasteiger partial charge on any atom is 0.301 e. The smallest absolute Gasteiger partial charge is 0.301 e. The molecule has 1 fully saturated rings. The second-order valence-electron chi connectivity index (χ2n) is 8.97. The number of hydrogen-bond acceptors (Lipinski definition) is 9. The predicted molar refractivity (Wildman–Crippen MR) is 155 cm³/mol. The Morgan fingerprint density at radius 1 is 1.00 bits per heavy atom. The van der Waals surface area contributed by atoms with Gasteiger partial charge in [-0.05, 0) is 53.6 Å². The van der Waals surface area contributed by atoms with Gasteiger partial charge in [0.2, 0.25) is 5.13 Å². The molecule has 3 heterocycles. The Balaban J connectivity index is 1.40. The number of ether oxygens (including phenoxy) is 2. The number of thioether (sulfide) groups is 1. The van der Waals surface area contributed by atoms with Gasteiger partial charge in [-0.25, -0.2) is 4.39 Å². The van der Waals surface area contributed by atoms with E-state index in [9.17, 15) is 19.1 Å². The van der Waals surface area contributed by atoms with E-state index in [1.807, 2.05) is 0 Å². The SMILES string of the molecule is O=C1C(=O)N(c2nnc(SCc3ccc(F)cc3)s2)C(c2ccc(Cl)c(Cl)c2)/C1=C(\O)c1ccc2c(c1)OCCO2. The molecule has 2 aliphatic heterocycles. The van der Waals surface area contributed by atoms with Crippen LogP contribution in [0.25, 0.3) is 5.76 Å². The number of fused-ring (bicyclic) bond motifs is 1. The second-order valence-corrected chi connectivity index (χ2v) is 12.0. The largest absolute Gasteiger partial charge is 0.507 e. The van der Waals surface area contributed by atoms with Gasteiger partial charge >= 0.3 is 5.91 Å². The molecule has 1 saturated heterocycles. The first-order valence-corrected chi connectivity index (χ1v) is 14.7. The van der Waals surface area contributed by atoms with E-state index < -0.39 is 23.5 Å². The zero-order valence-electron chi connectivity index (χ0n) is 20.8. The number of Topliss-reactive ketones (excluding diaryl/α,β-unsaturated/α-hetero) is 1. The Kier molecular flexibility index (Phi) is 7.60. The highest BCUT2D eigenvalue weighted by atomic mass is 35.5. The Morgan fingerprint density at radius 2 is 1.76 bits per heavy atom. The average molecular weight is 631 g/mol. The molecule has 208 valence electrons. The molecule has 1 amide bonds. The number of aliphatic hydroxyl groups is 1. The summed E-state index contributed by atoms with van der Waals surface area (Å²) in [6.45, 7) is 0.732. The third kappa shape index (κ3) is 5.38. The van der Waals surface area contributed by atoms with Gasteiger partial charge in [-0.3, -0.25) is 14.5 Å². The second kappa shape index (κ2) is 11.3. The lowest BCUT2D eigenvalue weighted by molar-refractivity contribution is -0.132. The van der Waals surface area contributed by atoms with Crippen molar-refractivity contribution < 1.29 is 28.6 Å². The fourth-order valence-electron chi connectivity index (χ4n) is 4.46. The number of rotatable bonds is 6. The van der Waals surface area contributed by atoms with Crippen molar-refractivity contribution in [3.05, 3.63) is 98.8 Å². The van der Waals surface area contributed by atoms with E-state index in [-0.39, 0.29) is 32.1 Å². The van der Waals surface area contributed by atoms with Gasteiger partial charge in [-0.15, -0.1) is 10.2 Å². The molecule has 2 aliphatic rings. The molecule has 0 bridgehead atoms. The molecular weight excluding hydrogens is 612 g/mol. The lowest BCUT2D eigenvalue weighted by Crippen LogP contribution is -2.29. The number of aromatic nitrogens is 2. The third-order valence-corrected chi connectivity index (χ3v) is 9.26. The van der Waals surface area contributed by atoms with Gasteiger partial charge in [0.15, 0.2) is 15.8 Å². The summed E-state index contributed by atoms with van der Waals surface area (Å²) in [5, 5.41) is 20.5.